The Morgan fingerprint density at radius 3 is 2.24 bits per heavy atom. The third kappa shape index (κ3) is 5.98. The van der Waals surface area contributed by atoms with Crippen molar-refractivity contribution >= 4 is 17.6 Å². The fourth-order valence-corrected chi connectivity index (χ4v) is 5.06. The van der Waals surface area contributed by atoms with Crippen LogP contribution in [0.25, 0.3) is 0 Å². The molecule has 1 N–H and O–H groups in total. The lowest BCUT2D eigenvalue weighted by Crippen LogP contribution is -2.56. The Morgan fingerprint density at radius 2 is 1.59 bits per heavy atom. The maximum atomic E-state index is 13.2. The second kappa shape index (κ2) is 11.5. The summed E-state index contributed by atoms with van der Waals surface area (Å²) >= 11 is 0. The largest absolute Gasteiger partial charge is 0.459 e. The van der Waals surface area contributed by atoms with E-state index in [1.54, 1.807) is 0 Å². The molecule has 0 aromatic heterocycles. The van der Waals surface area contributed by atoms with Crippen LogP contribution >= 0.6 is 0 Å². The molecule has 34 heavy (non-hydrogen) atoms. The molecule has 0 bridgehead atoms. The molecule has 1 heterocycles. The first kappa shape index (κ1) is 24.3. The predicted octanol–water partition coefficient (Wildman–Crippen LogP) is 4.39. The molecule has 2 aromatic rings. The Kier molecular flexibility index (Phi) is 8.22. The van der Waals surface area contributed by atoms with Gasteiger partial charge in [0.05, 0.1) is 0 Å². The highest BCUT2D eigenvalue weighted by Crippen LogP contribution is 2.30. The Bertz CT molecular complexity index is 931. The molecule has 1 aliphatic carbocycles. The molecule has 2 fully saturated rings. The van der Waals surface area contributed by atoms with E-state index in [0.29, 0.717) is 18.4 Å². The van der Waals surface area contributed by atoms with Crippen LogP contribution in [0.2, 0.25) is 0 Å². The number of hydrogen-bond donors (Lipinski definition) is 1. The Balaban J connectivity index is 1.38. The number of anilines is 1. The molecule has 2 aromatic carbocycles. The van der Waals surface area contributed by atoms with Gasteiger partial charge in [-0.15, -0.1) is 0 Å². The van der Waals surface area contributed by atoms with Crippen LogP contribution in [0.15, 0.2) is 54.6 Å². The van der Waals surface area contributed by atoms with Crippen LogP contribution in [0.5, 0.6) is 0 Å². The normalized spacial score (nSPS) is 18.3. The van der Waals surface area contributed by atoms with Gasteiger partial charge in [-0.25, -0.2) is 4.79 Å². The molecule has 182 valence electrons. The predicted molar refractivity (Wildman–Crippen MR) is 135 cm³/mol. The molecule has 2 aliphatic rings. The van der Waals surface area contributed by atoms with Crippen LogP contribution in [0.1, 0.15) is 61.4 Å². The molecule has 1 saturated carbocycles. The lowest BCUT2D eigenvalue weighted by atomic mass is 9.81. The third-order valence-electron chi connectivity index (χ3n) is 7.07. The molecule has 1 saturated heterocycles. The van der Waals surface area contributed by atoms with Crippen molar-refractivity contribution in [3.8, 4) is 0 Å². The second-order valence-electron chi connectivity index (χ2n) is 9.53. The maximum Gasteiger partial charge on any atom is 0.332 e. The number of benzene rings is 2. The topological polar surface area (TPSA) is 61.9 Å². The summed E-state index contributed by atoms with van der Waals surface area (Å²) < 4.78 is 5.67. The summed E-state index contributed by atoms with van der Waals surface area (Å²) in [4.78, 5) is 31.2. The Morgan fingerprint density at radius 1 is 0.912 bits per heavy atom. The van der Waals surface area contributed by atoms with Crippen LogP contribution in [0, 0.1) is 0 Å². The highest BCUT2D eigenvalue weighted by molar-refractivity contribution is 5.98. The van der Waals surface area contributed by atoms with E-state index in [-0.39, 0.29) is 18.5 Å². The fourth-order valence-electron chi connectivity index (χ4n) is 5.06. The summed E-state index contributed by atoms with van der Waals surface area (Å²) in [5.41, 5.74) is 1.72. The molecule has 0 radical (unpaired) electrons. The van der Waals surface area contributed by atoms with Crippen molar-refractivity contribution in [3.63, 3.8) is 0 Å². The van der Waals surface area contributed by atoms with Gasteiger partial charge in [0.25, 0.3) is 5.91 Å². The van der Waals surface area contributed by atoms with Gasteiger partial charge in [-0.2, -0.15) is 0 Å². The van der Waals surface area contributed by atoms with Gasteiger partial charge in [0, 0.05) is 37.4 Å². The van der Waals surface area contributed by atoms with Gasteiger partial charge in [0.1, 0.15) is 12.1 Å². The van der Waals surface area contributed by atoms with Crippen molar-refractivity contribution in [1.82, 2.24) is 10.2 Å². The van der Waals surface area contributed by atoms with E-state index in [1.807, 2.05) is 54.6 Å². The van der Waals surface area contributed by atoms with Crippen LogP contribution in [-0.4, -0.2) is 55.0 Å². The van der Waals surface area contributed by atoms with Gasteiger partial charge in [0.15, 0.2) is 0 Å². The number of ether oxygens (including phenoxy) is 1. The molecular formula is C28H37N3O3. The summed E-state index contributed by atoms with van der Waals surface area (Å²) in [6, 6.07) is 17.4. The molecule has 1 aliphatic heterocycles. The number of nitrogens with zero attached hydrogens (tertiary/aromatic N) is 2. The number of carbonyl (C=O) groups is 2. The van der Waals surface area contributed by atoms with Gasteiger partial charge in [0.2, 0.25) is 0 Å². The lowest BCUT2D eigenvalue weighted by molar-refractivity contribution is -0.154. The van der Waals surface area contributed by atoms with E-state index in [9.17, 15) is 9.59 Å². The highest BCUT2D eigenvalue weighted by atomic mass is 16.5. The van der Waals surface area contributed by atoms with Crippen molar-refractivity contribution in [1.29, 1.82) is 0 Å². The first-order chi connectivity index (χ1) is 16.6. The molecule has 0 spiro atoms. The SMILES string of the molecule is CCCN1CCN(c2ccc(C(=O)NC3(C(=O)OCc4ccccc4)CCCCC3)cc2)CC1. The Labute approximate surface area is 203 Å². The van der Waals surface area contributed by atoms with Gasteiger partial charge >= 0.3 is 5.97 Å². The summed E-state index contributed by atoms with van der Waals surface area (Å²) in [6.45, 7) is 7.74. The molecule has 4 rings (SSSR count). The van der Waals surface area contributed by atoms with Gasteiger partial charge in [-0.05, 0) is 55.6 Å². The molecule has 6 heteroatoms. The molecule has 1 amide bonds. The zero-order valence-electron chi connectivity index (χ0n) is 20.3. The average Bonchev–Trinajstić information content (AvgIpc) is 2.89. The number of hydrogen-bond acceptors (Lipinski definition) is 5. The van der Waals surface area contributed by atoms with E-state index in [4.69, 9.17) is 4.74 Å². The number of rotatable bonds is 8. The quantitative estimate of drug-likeness (QED) is 0.588. The maximum absolute atomic E-state index is 13.2. The Hall–Kier alpha value is -2.86. The fraction of sp³-hybridized carbons (Fsp3) is 0.500. The number of carbonyl (C=O) groups excluding carboxylic acids is 2. The molecule has 0 atom stereocenters. The van der Waals surface area contributed by atoms with E-state index < -0.39 is 5.54 Å². The van der Waals surface area contributed by atoms with Gasteiger partial charge in [-0.3, -0.25) is 9.69 Å². The van der Waals surface area contributed by atoms with Gasteiger partial charge < -0.3 is 15.0 Å². The standard InChI is InChI=1S/C28H37N3O3/c1-2-17-30-18-20-31(21-19-30)25-13-11-24(12-14-25)26(32)29-28(15-7-4-8-16-28)27(33)34-22-23-9-5-3-6-10-23/h3,5-6,9-14H,2,4,7-8,15-22H2,1H3,(H,29,32). The number of esters is 1. The van der Waals surface area contributed by atoms with Crippen LogP contribution in [0.3, 0.4) is 0 Å². The van der Waals surface area contributed by atoms with Crippen LogP contribution in [-0.2, 0) is 16.1 Å². The minimum Gasteiger partial charge on any atom is -0.459 e. The van der Waals surface area contributed by atoms with Crippen LogP contribution in [0.4, 0.5) is 5.69 Å². The van der Waals surface area contributed by atoms with E-state index >= 15 is 0 Å². The van der Waals surface area contributed by atoms with Crippen molar-refractivity contribution in [2.75, 3.05) is 37.6 Å². The minimum atomic E-state index is -0.946. The summed E-state index contributed by atoms with van der Waals surface area (Å²) in [5.74, 6) is -0.538. The van der Waals surface area contributed by atoms with Crippen molar-refractivity contribution in [2.45, 2.75) is 57.6 Å². The first-order valence-electron chi connectivity index (χ1n) is 12.7. The first-order valence-corrected chi connectivity index (χ1v) is 12.7. The second-order valence-corrected chi connectivity index (χ2v) is 9.53. The number of amides is 1. The van der Waals surface area contributed by atoms with Crippen LogP contribution < -0.4 is 10.2 Å². The molecule has 6 nitrogen and oxygen atoms in total. The highest BCUT2D eigenvalue weighted by Gasteiger charge is 2.42. The van der Waals surface area contributed by atoms with Crippen molar-refractivity contribution in [3.05, 3.63) is 65.7 Å². The third-order valence-corrected chi connectivity index (χ3v) is 7.07. The zero-order chi connectivity index (χ0) is 23.8. The summed E-state index contributed by atoms with van der Waals surface area (Å²) in [7, 11) is 0. The van der Waals surface area contributed by atoms with E-state index in [0.717, 1.165) is 63.2 Å². The summed E-state index contributed by atoms with van der Waals surface area (Å²) in [5, 5.41) is 3.07. The number of nitrogens with one attached hydrogen (secondary N) is 1. The van der Waals surface area contributed by atoms with E-state index in [2.05, 4.69) is 22.0 Å². The smallest absolute Gasteiger partial charge is 0.332 e. The molecular weight excluding hydrogens is 426 g/mol. The zero-order valence-corrected chi connectivity index (χ0v) is 20.3. The van der Waals surface area contributed by atoms with Crippen molar-refractivity contribution in [2.24, 2.45) is 0 Å². The monoisotopic (exact) mass is 463 g/mol. The van der Waals surface area contributed by atoms with E-state index in [1.165, 1.54) is 6.42 Å². The number of piperazine rings is 1. The lowest BCUT2D eigenvalue weighted by Gasteiger charge is -2.36. The minimum absolute atomic E-state index is 0.210. The van der Waals surface area contributed by atoms with Gasteiger partial charge in [-0.1, -0.05) is 56.5 Å². The summed E-state index contributed by atoms with van der Waals surface area (Å²) in [6.07, 6.45) is 5.31. The average molecular weight is 464 g/mol. The molecule has 0 unspecified atom stereocenters. The van der Waals surface area contributed by atoms with Crippen molar-refractivity contribution < 1.29 is 14.3 Å².